The van der Waals surface area contributed by atoms with Gasteiger partial charge in [-0.1, -0.05) is 0 Å². The summed E-state index contributed by atoms with van der Waals surface area (Å²) in [5.41, 5.74) is 1.74. The van der Waals surface area contributed by atoms with Crippen LogP contribution in [0.15, 0.2) is 12.1 Å². The number of ether oxygens (including phenoxy) is 2. The van der Waals surface area contributed by atoms with Gasteiger partial charge in [-0.2, -0.15) is 0 Å². The molecular weight excluding hydrogens is 242 g/mol. The summed E-state index contributed by atoms with van der Waals surface area (Å²) in [4.78, 5) is 12.4. The van der Waals surface area contributed by atoms with E-state index in [2.05, 4.69) is 5.32 Å². The van der Waals surface area contributed by atoms with Crippen molar-refractivity contribution in [2.24, 2.45) is 5.92 Å². The lowest BCUT2D eigenvalue weighted by atomic mass is 9.90. The van der Waals surface area contributed by atoms with Gasteiger partial charge >= 0.3 is 0 Å². The van der Waals surface area contributed by atoms with Gasteiger partial charge in [0.05, 0.1) is 0 Å². The lowest BCUT2D eigenvalue weighted by molar-refractivity contribution is 0.0953. The molecule has 102 valence electrons. The highest BCUT2D eigenvalue weighted by Gasteiger charge is 2.22. The van der Waals surface area contributed by atoms with E-state index in [0.29, 0.717) is 18.1 Å². The summed E-state index contributed by atoms with van der Waals surface area (Å²) in [7, 11) is 0. The van der Waals surface area contributed by atoms with Crippen molar-refractivity contribution in [2.75, 3.05) is 19.9 Å². The lowest BCUT2D eigenvalue weighted by Gasteiger charge is -2.22. The second-order valence-corrected chi connectivity index (χ2v) is 5.36. The van der Waals surface area contributed by atoms with E-state index in [1.807, 2.05) is 19.1 Å². The van der Waals surface area contributed by atoms with Gasteiger partial charge in [-0.15, -0.1) is 0 Å². The number of benzene rings is 1. The molecule has 0 amide bonds. The van der Waals surface area contributed by atoms with Gasteiger partial charge in [-0.25, -0.2) is 0 Å². The number of nitrogens with one attached hydrogen (secondary N) is 1. The van der Waals surface area contributed by atoms with Crippen LogP contribution in [0.3, 0.4) is 0 Å². The molecule has 1 saturated heterocycles. The van der Waals surface area contributed by atoms with Gasteiger partial charge in [0, 0.05) is 12.0 Å². The summed E-state index contributed by atoms with van der Waals surface area (Å²) < 4.78 is 10.7. The molecule has 0 spiro atoms. The maximum absolute atomic E-state index is 12.4. The number of carbonyl (C=O) groups is 1. The third-order valence-electron chi connectivity index (χ3n) is 3.89. The standard InChI is InChI=1S/C15H19NO3/c1-10-5-14-15(19-9-18-14)7-12(10)13(17)6-11-3-2-4-16-8-11/h5,7,11,16H,2-4,6,8-9H2,1H3. The first-order valence-corrected chi connectivity index (χ1v) is 6.88. The number of fused-ring (bicyclic) bond motifs is 1. The van der Waals surface area contributed by atoms with Gasteiger partial charge in [0.1, 0.15) is 0 Å². The smallest absolute Gasteiger partial charge is 0.231 e. The van der Waals surface area contributed by atoms with Crippen LogP contribution in [0.1, 0.15) is 35.2 Å². The molecule has 0 aromatic heterocycles. The molecule has 2 aliphatic rings. The minimum Gasteiger partial charge on any atom is -0.454 e. The summed E-state index contributed by atoms with van der Waals surface area (Å²) in [6, 6.07) is 3.73. The van der Waals surface area contributed by atoms with Crippen molar-refractivity contribution in [3.05, 3.63) is 23.3 Å². The molecule has 4 heteroatoms. The Morgan fingerprint density at radius 2 is 2.16 bits per heavy atom. The Bertz CT molecular complexity index is 492. The molecule has 0 saturated carbocycles. The van der Waals surface area contributed by atoms with Crippen LogP contribution in [-0.4, -0.2) is 25.7 Å². The quantitative estimate of drug-likeness (QED) is 0.848. The van der Waals surface area contributed by atoms with Crippen molar-refractivity contribution in [3.8, 4) is 11.5 Å². The predicted molar refractivity (Wildman–Crippen MR) is 71.8 cm³/mol. The Morgan fingerprint density at radius 3 is 2.89 bits per heavy atom. The summed E-state index contributed by atoms with van der Waals surface area (Å²) in [6.45, 7) is 4.23. The first kappa shape index (κ1) is 12.5. The number of rotatable bonds is 3. The summed E-state index contributed by atoms with van der Waals surface area (Å²) >= 11 is 0. The van der Waals surface area contributed by atoms with Gasteiger partial charge in [0.2, 0.25) is 6.79 Å². The number of ketones is 1. The van der Waals surface area contributed by atoms with E-state index < -0.39 is 0 Å². The van der Waals surface area contributed by atoms with E-state index in [1.54, 1.807) is 0 Å². The highest BCUT2D eigenvalue weighted by atomic mass is 16.7. The number of carbonyl (C=O) groups excluding carboxylic acids is 1. The third-order valence-corrected chi connectivity index (χ3v) is 3.89. The summed E-state index contributed by atoms with van der Waals surface area (Å²) in [5, 5.41) is 3.35. The third kappa shape index (κ3) is 2.59. The zero-order valence-corrected chi connectivity index (χ0v) is 11.2. The molecule has 2 heterocycles. The van der Waals surface area contributed by atoms with E-state index in [4.69, 9.17) is 9.47 Å². The highest BCUT2D eigenvalue weighted by Crippen LogP contribution is 2.35. The molecule has 1 fully saturated rings. The van der Waals surface area contributed by atoms with E-state index >= 15 is 0 Å². The maximum Gasteiger partial charge on any atom is 0.231 e. The maximum atomic E-state index is 12.4. The molecule has 0 aliphatic carbocycles. The molecule has 1 atom stereocenters. The number of piperidine rings is 1. The Kier molecular flexibility index (Phi) is 3.42. The fourth-order valence-electron chi connectivity index (χ4n) is 2.81. The Hall–Kier alpha value is -1.55. The Morgan fingerprint density at radius 1 is 1.37 bits per heavy atom. The highest BCUT2D eigenvalue weighted by molar-refractivity contribution is 5.98. The lowest BCUT2D eigenvalue weighted by Crippen LogP contribution is -2.31. The van der Waals surface area contributed by atoms with Gasteiger partial charge < -0.3 is 14.8 Å². The van der Waals surface area contributed by atoms with Crippen molar-refractivity contribution >= 4 is 5.78 Å². The van der Waals surface area contributed by atoms with Gasteiger partial charge in [0.15, 0.2) is 17.3 Å². The predicted octanol–water partition coefficient (Wildman–Crippen LogP) is 2.30. The first-order chi connectivity index (χ1) is 9.24. The molecule has 1 N–H and O–H groups in total. The topological polar surface area (TPSA) is 47.6 Å². The Labute approximate surface area is 113 Å². The molecule has 4 nitrogen and oxygen atoms in total. The van der Waals surface area contributed by atoms with Crippen molar-refractivity contribution in [2.45, 2.75) is 26.2 Å². The SMILES string of the molecule is Cc1cc2c(cc1C(=O)CC1CCCNC1)OCO2. The van der Waals surface area contributed by atoms with Crippen molar-refractivity contribution in [1.82, 2.24) is 5.32 Å². The molecule has 1 aromatic rings. The summed E-state index contributed by atoms with van der Waals surface area (Å²) in [5.74, 6) is 2.11. The van der Waals surface area contributed by atoms with Crippen molar-refractivity contribution in [3.63, 3.8) is 0 Å². The number of hydrogen-bond acceptors (Lipinski definition) is 4. The molecule has 0 bridgehead atoms. The van der Waals surface area contributed by atoms with Crippen LogP contribution in [0, 0.1) is 12.8 Å². The first-order valence-electron chi connectivity index (χ1n) is 6.88. The fourth-order valence-corrected chi connectivity index (χ4v) is 2.81. The van der Waals surface area contributed by atoms with Crippen LogP contribution >= 0.6 is 0 Å². The van der Waals surface area contributed by atoms with E-state index in [1.165, 1.54) is 0 Å². The van der Waals surface area contributed by atoms with Gasteiger partial charge in [-0.05, 0) is 56.5 Å². The molecule has 3 rings (SSSR count). The number of aryl methyl sites for hydroxylation is 1. The minimum absolute atomic E-state index is 0.213. The van der Waals surface area contributed by atoms with Crippen LogP contribution < -0.4 is 14.8 Å². The average Bonchev–Trinajstić information content (AvgIpc) is 2.86. The number of hydrogen-bond donors (Lipinski definition) is 1. The van der Waals surface area contributed by atoms with Gasteiger partial charge in [0.25, 0.3) is 0 Å². The van der Waals surface area contributed by atoms with E-state index in [0.717, 1.165) is 42.8 Å². The van der Waals surface area contributed by atoms with Crippen LogP contribution in [0.4, 0.5) is 0 Å². The second kappa shape index (κ2) is 5.21. The largest absolute Gasteiger partial charge is 0.454 e. The zero-order chi connectivity index (χ0) is 13.2. The van der Waals surface area contributed by atoms with Gasteiger partial charge in [-0.3, -0.25) is 4.79 Å². The zero-order valence-electron chi connectivity index (χ0n) is 11.2. The average molecular weight is 261 g/mol. The normalized spacial score (nSPS) is 21.4. The molecule has 19 heavy (non-hydrogen) atoms. The molecular formula is C15H19NO3. The van der Waals surface area contributed by atoms with Crippen LogP contribution in [0.25, 0.3) is 0 Å². The molecule has 1 unspecified atom stereocenters. The second-order valence-electron chi connectivity index (χ2n) is 5.36. The summed E-state index contributed by atoms with van der Waals surface area (Å²) in [6.07, 6.45) is 2.92. The van der Waals surface area contributed by atoms with E-state index in [-0.39, 0.29) is 12.6 Å². The Balaban J connectivity index is 1.75. The molecule has 0 radical (unpaired) electrons. The van der Waals surface area contributed by atoms with E-state index in [9.17, 15) is 4.79 Å². The van der Waals surface area contributed by atoms with Crippen LogP contribution in [0.2, 0.25) is 0 Å². The van der Waals surface area contributed by atoms with Crippen molar-refractivity contribution in [1.29, 1.82) is 0 Å². The minimum atomic E-state index is 0.213. The molecule has 2 aliphatic heterocycles. The number of Topliss-reactive ketones (excluding diaryl/α,β-unsaturated/α-hetero) is 1. The van der Waals surface area contributed by atoms with Crippen LogP contribution in [0.5, 0.6) is 11.5 Å². The van der Waals surface area contributed by atoms with Crippen molar-refractivity contribution < 1.29 is 14.3 Å². The fraction of sp³-hybridized carbons (Fsp3) is 0.533. The molecule has 1 aromatic carbocycles. The van der Waals surface area contributed by atoms with Crippen LogP contribution in [-0.2, 0) is 0 Å². The monoisotopic (exact) mass is 261 g/mol.